The van der Waals surface area contributed by atoms with Crippen molar-refractivity contribution >= 4 is 23.0 Å². The summed E-state index contributed by atoms with van der Waals surface area (Å²) in [4.78, 5) is 4.46. The Labute approximate surface area is 168 Å². The summed E-state index contributed by atoms with van der Waals surface area (Å²) in [7, 11) is 0. The Balaban J connectivity index is 1.92. The molecule has 0 atom stereocenters. The number of nitrogens with two attached hydrogens (primary N) is 1. The first kappa shape index (κ1) is 21.3. The number of rotatable bonds is 8. The van der Waals surface area contributed by atoms with Crippen molar-refractivity contribution in [2.75, 3.05) is 13.2 Å². The first-order valence-electron chi connectivity index (χ1n) is 8.63. The third-order valence-electron chi connectivity index (χ3n) is 3.67. The van der Waals surface area contributed by atoms with Crippen LogP contribution >= 0.6 is 11.6 Å². The summed E-state index contributed by atoms with van der Waals surface area (Å²) in [5.74, 6) is 0.784. The van der Waals surface area contributed by atoms with Gasteiger partial charge in [-0.05, 0) is 56.3 Å². The number of hydrogen-bond acceptors (Lipinski definition) is 5. The number of nitrogens with zero attached hydrogens (tertiary/aromatic N) is 2. The third-order valence-corrected chi connectivity index (χ3v) is 3.99. The molecule has 0 aliphatic heterocycles. The molecule has 0 amide bonds. The molecule has 2 rings (SSSR count). The molecule has 0 unspecified atom stereocenters. The van der Waals surface area contributed by atoms with E-state index in [1.807, 2.05) is 6.07 Å². The Morgan fingerprint density at radius 1 is 1.18 bits per heavy atom. The van der Waals surface area contributed by atoms with Gasteiger partial charge < -0.3 is 15.2 Å². The summed E-state index contributed by atoms with van der Waals surface area (Å²) >= 11 is 6.04. The standard InChI is InChI=1S/C21H21ClFN3O2/c1-14(25)21(15(2)26-18-7-4-16(13-24)20(22)12-18)28-11-3-10-27-19-8-5-17(23)6-9-19/h4-9,12H,3,10-11,25H2,1-2H3. The lowest BCUT2D eigenvalue weighted by Crippen LogP contribution is -2.12. The molecule has 7 heteroatoms. The summed E-state index contributed by atoms with van der Waals surface area (Å²) in [6.07, 6.45) is 0.615. The van der Waals surface area contributed by atoms with Crippen LogP contribution in [0.2, 0.25) is 5.02 Å². The average molecular weight is 402 g/mol. The molecule has 0 saturated heterocycles. The highest BCUT2D eigenvalue weighted by Gasteiger charge is 2.08. The number of ether oxygens (including phenoxy) is 2. The zero-order chi connectivity index (χ0) is 20.5. The summed E-state index contributed by atoms with van der Waals surface area (Å²) < 4.78 is 24.2. The van der Waals surface area contributed by atoms with Crippen LogP contribution < -0.4 is 10.5 Å². The fourth-order valence-corrected chi connectivity index (χ4v) is 2.58. The van der Waals surface area contributed by atoms with Crippen LogP contribution in [0.4, 0.5) is 10.1 Å². The fraction of sp³-hybridized carbons (Fsp3) is 0.238. The van der Waals surface area contributed by atoms with Crippen LogP contribution in [-0.2, 0) is 4.74 Å². The van der Waals surface area contributed by atoms with Crippen LogP contribution in [0.5, 0.6) is 5.75 Å². The van der Waals surface area contributed by atoms with Crippen molar-refractivity contribution in [1.29, 1.82) is 5.26 Å². The smallest absolute Gasteiger partial charge is 0.158 e. The van der Waals surface area contributed by atoms with Gasteiger partial charge in [0.2, 0.25) is 0 Å². The van der Waals surface area contributed by atoms with E-state index in [0.717, 1.165) is 0 Å². The van der Waals surface area contributed by atoms with Crippen molar-refractivity contribution in [2.24, 2.45) is 10.7 Å². The molecule has 0 aliphatic rings. The summed E-state index contributed by atoms with van der Waals surface area (Å²) in [5.41, 5.74) is 8.01. The van der Waals surface area contributed by atoms with E-state index in [0.29, 0.717) is 58.8 Å². The monoisotopic (exact) mass is 401 g/mol. The molecule has 146 valence electrons. The Hall–Kier alpha value is -3.04. The largest absolute Gasteiger partial charge is 0.493 e. The minimum absolute atomic E-state index is 0.304. The molecule has 0 aromatic heterocycles. The van der Waals surface area contributed by atoms with Crippen LogP contribution in [0.15, 0.2) is 58.9 Å². The SMILES string of the molecule is CC(=Nc1ccc(C#N)c(Cl)c1)C(OCCCOc1ccc(F)cc1)=C(C)N. The zero-order valence-corrected chi connectivity index (χ0v) is 16.5. The molecule has 2 N–H and O–H groups in total. The number of halogens is 2. The molecule has 0 saturated carbocycles. The van der Waals surface area contributed by atoms with Crippen molar-refractivity contribution < 1.29 is 13.9 Å². The van der Waals surface area contributed by atoms with Crippen molar-refractivity contribution in [1.82, 2.24) is 0 Å². The maximum Gasteiger partial charge on any atom is 0.158 e. The van der Waals surface area contributed by atoms with E-state index in [-0.39, 0.29) is 5.82 Å². The normalized spacial score (nSPS) is 12.2. The molecule has 0 spiro atoms. The highest BCUT2D eigenvalue weighted by atomic mass is 35.5. The molecule has 0 radical (unpaired) electrons. The van der Waals surface area contributed by atoms with Gasteiger partial charge in [-0.2, -0.15) is 5.26 Å². The second kappa shape index (κ2) is 10.3. The highest BCUT2D eigenvalue weighted by molar-refractivity contribution is 6.32. The van der Waals surface area contributed by atoms with Crippen LogP contribution in [0.3, 0.4) is 0 Å². The number of allylic oxidation sites excluding steroid dienone is 2. The van der Waals surface area contributed by atoms with Gasteiger partial charge in [0.15, 0.2) is 5.76 Å². The van der Waals surface area contributed by atoms with Crippen LogP contribution in [0.1, 0.15) is 25.8 Å². The van der Waals surface area contributed by atoms with E-state index in [2.05, 4.69) is 4.99 Å². The molecule has 5 nitrogen and oxygen atoms in total. The lowest BCUT2D eigenvalue weighted by molar-refractivity contribution is 0.194. The van der Waals surface area contributed by atoms with Gasteiger partial charge in [-0.3, -0.25) is 0 Å². The van der Waals surface area contributed by atoms with Crippen molar-refractivity contribution in [2.45, 2.75) is 20.3 Å². The third kappa shape index (κ3) is 6.29. The van der Waals surface area contributed by atoms with Crippen LogP contribution in [0.25, 0.3) is 0 Å². The first-order valence-corrected chi connectivity index (χ1v) is 9.01. The molecule has 2 aromatic carbocycles. The second-order valence-corrected chi connectivity index (χ2v) is 6.40. The van der Waals surface area contributed by atoms with Gasteiger partial charge in [0.25, 0.3) is 0 Å². The predicted molar refractivity (Wildman–Crippen MR) is 108 cm³/mol. The molecule has 0 heterocycles. The van der Waals surface area contributed by atoms with E-state index in [4.69, 9.17) is 32.1 Å². The summed E-state index contributed by atoms with van der Waals surface area (Å²) in [5, 5.41) is 9.28. The van der Waals surface area contributed by atoms with Crippen molar-refractivity contribution in [3.63, 3.8) is 0 Å². The molecule has 0 bridgehead atoms. The zero-order valence-electron chi connectivity index (χ0n) is 15.7. The van der Waals surface area contributed by atoms with E-state index in [9.17, 15) is 4.39 Å². The van der Waals surface area contributed by atoms with Gasteiger partial charge in [-0.1, -0.05) is 11.6 Å². The van der Waals surface area contributed by atoms with E-state index in [1.165, 1.54) is 12.1 Å². The topological polar surface area (TPSA) is 80.6 Å². The van der Waals surface area contributed by atoms with Crippen molar-refractivity contribution in [3.8, 4) is 11.8 Å². The van der Waals surface area contributed by atoms with Gasteiger partial charge in [0, 0.05) is 12.1 Å². The summed E-state index contributed by atoms with van der Waals surface area (Å²) in [6, 6.07) is 12.8. The van der Waals surface area contributed by atoms with Gasteiger partial charge in [0.1, 0.15) is 17.6 Å². The first-order chi connectivity index (χ1) is 13.4. The van der Waals surface area contributed by atoms with Crippen molar-refractivity contribution in [3.05, 3.63) is 70.3 Å². The lowest BCUT2D eigenvalue weighted by atomic mass is 10.2. The minimum atomic E-state index is -0.304. The van der Waals surface area contributed by atoms with Gasteiger partial charge >= 0.3 is 0 Å². The molecule has 28 heavy (non-hydrogen) atoms. The van der Waals surface area contributed by atoms with Gasteiger partial charge in [-0.15, -0.1) is 0 Å². The molecular formula is C21H21ClFN3O2. The lowest BCUT2D eigenvalue weighted by Gasteiger charge is -2.13. The Kier molecular flexibility index (Phi) is 7.85. The molecule has 0 aliphatic carbocycles. The van der Waals surface area contributed by atoms with Gasteiger partial charge in [0.05, 0.1) is 35.2 Å². The quantitative estimate of drug-likeness (QED) is 0.378. The fourth-order valence-electron chi connectivity index (χ4n) is 2.37. The molecule has 2 aromatic rings. The highest BCUT2D eigenvalue weighted by Crippen LogP contribution is 2.23. The van der Waals surface area contributed by atoms with E-state index >= 15 is 0 Å². The Morgan fingerprint density at radius 3 is 2.50 bits per heavy atom. The molecular weight excluding hydrogens is 381 g/mol. The number of aliphatic imine (C=N–C) groups is 1. The predicted octanol–water partition coefficient (Wildman–Crippen LogP) is 5.12. The summed E-state index contributed by atoms with van der Waals surface area (Å²) in [6.45, 7) is 4.32. The number of hydrogen-bond donors (Lipinski definition) is 1. The van der Waals surface area contributed by atoms with E-state index in [1.54, 1.807) is 44.2 Å². The van der Waals surface area contributed by atoms with Crippen LogP contribution in [-0.4, -0.2) is 18.9 Å². The van der Waals surface area contributed by atoms with Gasteiger partial charge in [-0.25, -0.2) is 9.38 Å². The maximum atomic E-state index is 12.9. The minimum Gasteiger partial charge on any atom is -0.493 e. The Morgan fingerprint density at radius 2 is 1.89 bits per heavy atom. The maximum absolute atomic E-state index is 12.9. The molecule has 0 fully saturated rings. The average Bonchev–Trinajstić information content (AvgIpc) is 2.65. The van der Waals surface area contributed by atoms with E-state index < -0.39 is 0 Å². The second-order valence-electron chi connectivity index (χ2n) is 5.99. The Bertz CT molecular complexity index is 914. The van der Waals surface area contributed by atoms with Crippen LogP contribution in [0, 0.1) is 17.1 Å². The number of nitriles is 1. The number of benzene rings is 2.